The summed E-state index contributed by atoms with van der Waals surface area (Å²) in [6, 6.07) is 12.0. The molecule has 0 aliphatic heterocycles. The standard InChI is InChI=1S/C21H24N4O2S/c1-4-7-18(20(26)27-5-2)28-21-24-23-19(16-8-6-13-22-14-16)25(21)17-11-9-15(3)10-12-17/h6,8-14,18H,4-5,7H2,1-3H3. The molecular weight excluding hydrogens is 372 g/mol. The molecule has 2 heterocycles. The highest BCUT2D eigenvalue weighted by Crippen LogP contribution is 2.32. The van der Waals surface area contributed by atoms with Crippen molar-refractivity contribution < 1.29 is 9.53 Å². The number of benzene rings is 1. The maximum absolute atomic E-state index is 12.4. The summed E-state index contributed by atoms with van der Waals surface area (Å²) in [5.74, 6) is 0.481. The molecule has 1 unspecified atom stereocenters. The average molecular weight is 397 g/mol. The van der Waals surface area contributed by atoms with E-state index in [1.54, 1.807) is 12.4 Å². The van der Waals surface area contributed by atoms with Gasteiger partial charge in [-0.2, -0.15) is 0 Å². The van der Waals surface area contributed by atoms with Crippen LogP contribution >= 0.6 is 11.8 Å². The van der Waals surface area contributed by atoms with Gasteiger partial charge in [0.1, 0.15) is 5.25 Å². The van der Waals surface area contributed by atoms with Crippen LogP contribution in [0.1, 0.15) is 32.3 Å². The van der Waals surface area contributed by atoms with Gasteiger partial charge in [-0.15, -0.1) is 10.2 Å². The first kappa shape index (κ1) is 20.1. The van der Waals surface area contributed by atoms with E-state index in [4.69, 9.17) is 4.74 Å². The quantitative estimate of drug-likeness (QED) is 0.413. The van der Waals surface area contributed by atoms with Crippen LogP contribution in [0.2, 0.25) is 0 Å². The largest absolute Gasteiger partial charge is 0.465 e. The molecule has 3 rings (SSSR count). The molecule has 146 valence electrons. The van der Waals surface area contributed by atoms with Crippen molar-refractivity contribution in [2.24, 2.45) is 0 Å². The molecule has 0 aliphatic rings. The predicted octanol–water partition coefficient (Wildman–Crippen LogP) is 4.46. The van der Waals surface area contributed by atoms with Gasteiger partial charge >= 0.3 is 5.97 Å². The summed E-state index contributed by atoms with van der Waals surface area (Å²) < 4.78 is 7.23. The highest BCUT2D eigenvalue weighted by molar-refractivity contribution is 8.00. The molecule has 0 spiro atoms. The van der Waals surface area contributed by atoms with Gasteiger partial charge in [0.2, 0.25) is 0 Å². The van der Waals surface area contributed by atoms with Crippen molar-refractivity contribution in [2.45, 2.75) is 44.0 Å². The summed E-state index contributed by atoms with van der Waals surface area (Å²) in [7, 11) is 0. The maximum atomic E-state index is 12.4. The third kappa shape index (κ3) is 4.59. The Hall–Kier alpha value is -2.67. The fraction of sp³-hybridized carbons (Fsp3) is 0.333. The topological polar surface area (TPSA) is 69.9 Å². The summed E-state index contributed by atoms with van der Waals surface area (Å²) in [5, 5.41) is 9.14. The van der Waals surface area contributed by atoms with Crippen molar-refractivity contribution in [3.05, 3.63) is 54.4 Å². The Morgan fingerprint density at radius 1 is 1.18 bits per heavy atom. The van der Waals surface area contributed by atoms with E-state index >= 15 is 0 Å². The zero-order chi connectivity index (χ0) is 19.9. The number of hydrogen-bond donors (Lipinski definition) is 0. The number of rotatable bonds is 8. The second-order valence-electron chi connectivity index (χ2n) is 6.37. The van der Waals surface area contributed by atoms with Gasteiger partial charge in [-0.3, -0.25) is 14.3 Å². The molecule has 2 aromatic heterocycles. The molecule has 0 N–H and O–H groups in total. The Morgan fingerprint density at radius 3 is 2.61 bits per heavy atom. The lowest BCUT2D eigenvalue weighted by Gasteiger charge is -2.15. The minimum absolute atomic E-state index is 0.212. The molecule has 3 aromatic rings. The lowest BCUT2D eigenvalue weighted by molar-refractivity contribution is -0.142. The highest BCUT2D eigenvalue weighted by atomic mass is 32.2. The van der Waals surface area contributed by atoms with Crippen LogP contribution in [0.4, 0.5) is 0 Å². The van der Waals surface area contributed by atoms with Gasteiger partial charge < -0.3 is 4.74 Å². The summed E-state index contributed by atoms with van der Waals surface area (Å²) in [6.07, 6.45) is 5.08. The van der Waals surface area contributed by atoms with E-state index in [9.17, 15) is 4.79 Å². The molecule has 28 heavy (non-hydrogen) atoms. The lowest BCUT2D eigenvalue weighted by atomic mass is 10.2. The Morgan fingerprint density at radius 2 is 1.96 bits per heavy atom. The Labute approximate surface area is 169 Å². The van der Waals surface area contributed by atoms with Crippen LogP contribution in [0.25, 0.3) is 17.1 Å². The minimum Gasteiger partial charge on any atom is -0.465 e. The van der Waals surface area contributed by atoms with E-state index in [-0.39, 0.29) is 11.2 Å². The van der Waals surface area contributed by atoms with Crippen molar-refractivity contribution >= 4 is 17.7 Å². The van der Waals surface area contributed by atoms with E-state index in [0.717, 1.165) is 17.7 Å². The number of carbonyl (C=O) groups is 1. The van der Waals surface area contributed by atoms with Crippen molar-refractivity contribution in [1.29, 1.82) is 0 Å². The van der Waals surface area contributed by atoms with Gasteiger partial charge in [0, 0.05) is 23.6 Å². The number of hydrogen-bond acceptors (Lipinski definition) is 6. The molecule has 1 aromatic carbocycles. The van der Waals surface area contributed by atoms with E-state index in [1.165, 1.54) is 17.3 Å². The monoisotopic (exact) mass is 396 g/mol. The first-order valence-electron chi connectivity index (χ1n) is 9.40. The first-order valence-corrected chi connectivity index (χ1v) is 10.3. The van der Waals surface area contributed by atoms with Crippen molar-refractivity contribution in [3.63, 3.8) is 0 Å². The van der Waals surface area contributed by atoms with Crippen molar-refractivity contribution in [1.82, 2.24) is 19.7 Å². The number of carbonyl (C=O) groups excluding carboxylic acids is 1. The van der Waals surface area contributed by atoms with Crippen LogP contribution in [0.5, 0.6) is 0 Å². The number of nitrogens with zero attached hydrogens (tertiary/aromatic N) is 4. The first-order chi connectivity index (χ1) is 13.6. The Bertz CT molecular complexity index is 910. The van der Waals surface area contributed by atoms with Gasteiger partial charge in [-0.25, -0.2) is 0 Å². The number of aryl methyl sites for hydroxylation is 1. The van der Waals surface area contributed by atoms with Crippen LogP contribution in [0, 0.1) is 6.92 Å². The predicted molar refractivity (Wildman–Crippen MR) is 111 cm³/mol. The fourth-order valence-electron chi connectivity index (χ4n) is 2.80. The molecule has 1 atom stereocenters. The number of aromatic nitrogens is 4. The summed E-state index contributed by atoms with van der Waals surface area (Å²) >= 11 is 1.40. The molecule has 0 fully saturated rings. The molecular formula is C21H24N4O2S. The average Bonchev–Trinajstić information content (AvgIpc) is 3.13. The van der Waals surface area contributed by atoms with Gasteiger partial charge in [-0.1, -0.05) is 42.8 Å². The summed E-state index contributed by atoms with van der Waals surface area (Å²) in [6.45, 7) is 6.29. The maximum Gasteiger partial charge on any atom is 0.319 e. The van der Waals surface area contributed by atoms with Crippen LogP contribution in [0.3, 0.4) is 0 Å². The number of thioether (sulfide) groups is 1. The van der Waals surface area contributed by atoms with E-state index < -0.39 is 0 Å². The third-order valence-corrected chi connectivity index (χ3v) is 5.38. The Balaban J connectivity index is 2.04. The normalized spacial score (nSPS) is 12.0. The van der Waals surface area contributed by atoms with Crippen LogP contribution < -0.4 is 0 Å². The molecule has 0 aliphatic carbocycles. The number of ether oxygens (including phenoxy) is 1. The van der Waals surface area contributed by atoms with Gasteiger partial charge in [0.05, 0.1) is 6.61 Å². The van der Waals surface area contributed by atoms with Crippen LogP contribution in [-0.2, 0) is 9.53 Å². The van der Waals surface area contributed by atoms with Crippen LogP contribution in [0.15, 0.2) is 53.9 Å². The second kappa shape index (κ2) is 9.50. The molecule has 0 bridgehead atoms. The zero-order valence-electron chi connectivity index (χ0n) is 16.3. The SMILES string of the molecule is CCCC(Sc1nnc(-c2cccnc2)n1-c1ccc(C)cc1)C(=O)OCC. The summed E-state index contributed by atoms with van der Waals surface area (Å²) in [4.78, 5) is 16.6. The second-order valence-corrected chi connectivity index (χ2v) is 7.54. The molecule has 7 heteroatoms. The van der Waals surface area contributed by atoms with Gasteiger partial charge in [-0.05, 0) is 44.5 Å². The number of esters is 1. The van der Waals surface area contributed by atoms with Crippen LogP contribution in [-0.4, -0.2) is 37.6 Å². The molecule has 0 radical (unpaired) electrons. The lowest BCUT2D eigenvalue weighted by Crippen LogP contribution is -2.20. The summed E-state index contributed by atoms with van der Waals surface area (Å²) in [5.41, 5.74) is 2.98. The van der Waals surface area contributed by atoms with Crippen molar-refractivity contribution in [3.8, 4) is 17.1 Å². The highest BCUT2D eigenvalue weighted by Gasteiger charge is 2.25. The zero-order valence-corrected chi connectivity index (χ0v) is 17.1. The number of pyridine rings is 1. The molecule has 0 saturated heterocycles. The molecule has 0 saturated carbocycles. The van der Waals surface area contributed by atoms with E-state index in [2.05, 4.69) is 22.1 Å². The minimum atomic E-state index is -0.319. The van der Waals surface area contributed by atoms with E-state index in [1.807, 2.05) is 54.8 Å². The van der Waals surface area contributed by atoms with Gasteiger partial charge in [0.25, 0.3) is 0 Å². The molecule has 0 amide bonds. The Kier molecular flexibility index (Phi) is 6.81. The smallest absolute Gasteiger partial charge is 0.319 e. The third-order valence-electron chi connectivity index (χ3n) is 4.19. The fourth-order valence-corrected chi connectivity index (χ4v) is 3.96. The van der Waals surface area contributed by atoms with Gasteiger partial charge in [0.15, 0.2) is 11.0 Å². The van der Waals surface area contributed by atoms with E-state index in [0.29, 0.717) is 24.0 Å². The van der Waals surface area contributed by atoms with Crippen molar-refractivity contribution in [2.75, 3.05) is 6.61 Å². The molecule has 6 nitrogen and oxygen atoms in total.